The van der Waals surface area contributed by atoms with Gasteiger partial charge < -0.3 is 4.74 Å². The maximum absolute atomic E-state index is 5.87. The fourth-order valence-electron chi connectivity index (χ4n) is 1.15. The summed E-state index contributed by atoms with van der Waals surface area (Å²) in [6, 6.07) is 8.67. The highest BCUT2D eigenvalue weighted by Gasteiger charge is 2.03. The Morgan fingerprint density at radius 3 is 2.56 bits per heavy atom. The lowest BCUT2D eigenvalue weighted by Crippen LogP contribution is -1.92. The maximum atomic E-state index is 5.87. The van der Waals surface area contributed by atoms with Crippen LogP contribution in [-0.4, -0.2) is 10.2 Å². The Labute approximate surface area is 103 Å². The molecule has 1 aromatic carbocycles. The minimum atomic E-state index is 0.329. The molecule has 2 aromatic rings. The number of ether oxygens (including phenoxy) is 1. The van der Waals surface area contributed by atoms with Gasteiger partial charge in [0.05, 0.1) is 0 Å². The summed E-state index contributed by atoms with van der Waals surface area (Å²) in [5.74, 6) is 1.04. The van der Waals surface area contributed by atoms with Gasteiger partial charge in [-0.15, -0.1) is 10.2 Å². The van der Waals surface area contributed by atoms with Gasteiger partial charge in [-0.05, 0) is 30.7 Å². The zero-order chi connectivity index (χ0) is 11.5. The monoisotopic (exact) mass is 254 g/mol. The van der Waals surface area contributed by atoms with Gasteiger partial charge in [0.2, 0.25) is 5.88 Å². The molecular weight excluding hydrogens is 247 g/mol. The molecular formula is C11H8Cl2N2O. The van der Waals surface area contributed by atoms with Crippen molar-refractivity contribution in [2.24, 2.45) is 0 Å². The van der Waals surface area contributed by atoms with Crippen molar-refractivity contribution >= 4 is 23.2 Å². The smallest absolute Gasteiger partial charge is 0.238 e. The van der Waals surface area contributed by atoms with E-state index in [0.717, 1.165) is 5.56 Å². The Hall–Kier alpha value is -1.32. The molecule has 5 heteroatoms. The summed E-state index contributed by atoms with van der Waals surface area (Å²) in [6.45, 7) is 1.93. The Kier molecular flexibility index (Phi) is 3.27. The van der Waals surface area contributed by atoms with E-state index in [9.17, 15) is 0 Å². The third-order valence-corrected chi connectivity index (χ3v) is 2.41. The number of hydrogen-bond donors (Lipinski definition) is 0. The van der Waals surface area contributed by atoms with Crippen LogP contribution in [0.4, 0.5) is 0 Å². The molecule has 0 saturated carbocycles. The van der Waals surface area contributed by atoms with Crippen LogP contribution >= 0.6 is 23.2 Å². The number of aromatic nitrogens is 2. The first kappa shape index (κ1) is 11.2. The highest BCUT2D eigenvalue weighted by atomic mass is 35.5. The standard InChI is InChI=1S/C11H8Cl2N2O/c1-7-2-3-8(12)6-9(7)16-11-5-4-10(13)14-15-11/h2-6H,1H3. The summed E-state index contributed by atoms with van der Waals surface area (Å²) in [4.78, 5) is 0. The zero-order valence-electron chi connectivity index (χ0n) is 8.45. The van der Waals surface area contributed by atoms with Crippen LogP contribution in [0.15, 0.2) is 30.3 Å². The predicted octanol–water partition coefficient (Wildman–Crippen LogP) is 3.88. The number of aryl methyl sites for hydroxylation is 1. The van der Waals surface area contributed by atoms with Gasteiger partial charge in [0.15, 0.2) is 5.15 Å². The second-order valence-corrected chi connectivity index (χ2v) is 4.03. The van der Waals surface area contributed by atoms with Gasteiger partial charge in [0.25, 0.3) is 0 Å². The third-order valence-electron chi connectivity index (χ3n) is 1.97. The van der Waals surface area contributed by atoms with E-state index in [4.69, 9.17) is 27.9 Å². The number of hydrogen-bond acceptors (Lipinski definition) is 3. The lowest BCUT2D eigenvalue weighted by atomic mass is 10.2. The summed E-state index contributed by atoms with van der Waals surface area (Å²) in [6.07, 6.45) is 0. The molecule has 16 heavy (non-hydrogen) atoms. The molecule has 0 aliphatic carbocycles. The van der Waals surface area contributed by atoms with E-state index in [0.29, 0.717) is 21.8 Å². The third kappa shape index (κ3) is 2.62. The van der Waals surface area contributed by atoms with Crippen LogP contribution in [-0.2, 0) is 0 Å². The lowest BCUT2D eigenvalue weighted by molar-refractivity contribution is 0.452. The molecule has 0 bridgehead atoms. The maximum Gasteiger partial charge on any atom is 0.238 e. The van der Waals surface area contributed by atoms with E-state index in [1.165, 1.54) is 0 Å². The number of rotatable bonds is 2. The van der Waals surface area contributed by atoms with Crippen LogP contribution in [0.3, 0.4) is 0 Å². The van der Waals surface area contributed by atoms with Crippen molar-refractivity contribution in [3.8, 4) is 11.6 Å². The van der Waals surface area contributed by atoms with Crippen LogP contribution in [0.25, 0.3) is 0 Å². The summed E-state index contributed by atoms with van der Waals surface area (Å²) < 4.78 is 5.53. The number of benzene rings is 1. The molecule has 1 heterocycles. The Bertz CT molecular complexity index is 500. The molecule has 0 amide bonds. The Morgan fingerprint density at radius 1 is 1.06 bits per heavy atom. The molecule has 0 aliphatic rings. The van der Waals surface area contributed by atoms with Gasteiger partial charge in [-0.2, -0.15) is 0 Å². The normalized spacial score (nSPS) is 10.2. The fraction of sp³-hybridized carbons (Fsp3) is 0.0909. The summed E-state index contributed by atoms with van der Waals surface area (Å²) in [5, 5.41) is 8.42. The fourth-order valence-corrected chi connectivity index (χ4v) is 1.42. The molecule has 1 aromatic heterocycles. The van der Waals surface area contributed by atoms with Gasteiger partial charge >= 0.3 is 0 Å². The highest BCUT2D eigenvalue weighted by molar-refractivity contribution is 6.30. The van der Waals surface area contributed by atoms with Gasteiger partial charge in [-0.1, -0.05) is 29.3 Å². The largest absolute Gasteiger partial charge is 0.437 e. The summed E-state index contributed by atoms with van der Waals surface area (Å²) >= 11 is 11.5. The van der Waals surface area contributed by atoms with Crippen LogP contribution < -0.4 is 4.74 Å². The van der Waals surface area contributed by atoms with E-state index in [-0.39, 0.29) is 0 Å². The summed E-state index contributed by atoms with van der Waals surface area (Å²) in [7, 11) is 0. The SMILES string of the molecule is Cc1ccc(Cl)cc1Oc1ccc(Cl)nn1. The molecule has 0 aliphatic heterocycles. The molecule has 0 saturated heterocycles. The van der Waals surface area contributed by atoms with Gasteiger partial charge in [0, 0.05) is 11.1 Å². The first-order chi connectivity index (χ1) is 7.65. The van der Waals surface area contributed by atoms with Crippen molar-refractivity contribution in [1.29, 1.82) is 0 Å². The first-order valence-corrected chi connectivity index (χ1v) is 5.34. The van der Waals surface area contributed by atoms with E-state index in [2.05, 4.69) is 10.2 Å². The van der Waals surface area contributed by atoms with Crippen molar-refractivity contribution in [3.63, 3.8) is 0 Å². The van der Waals surface area contributed by atoms with Crippen molar-refractivity contribution in [3.05, 3.63) is 46.1 Å². The average Bonchev–Trinajstić information content (AvgIpc) is 2.27. The van der Waals surface area contributed by atoms with Crippen LogP contribution in [0.5, 0.6) is 11.6 Å². The molecule has 3 nitrogen and oxygen atoms in total. The van der Waals surface area contributed by atoms with Crippen molar-refractivity contribution in [1.82, 2.24) is 10.2 Å². The Balaban J connectivity index is 2.26. The first-order valence-electron chi connectivity index (χ1n) is 4.58. The lowest BCUT2D eigenvalue weighted by Gasteiger charge is -2.07. The topological polar surface area (TPSA) is 35.0 Å². The Morgan fingerprint density at radius 2 is 1.88 bits per heavy atom. The second kappa shape index (κ2) is 4.68. The minimum Gasteiger partial charge on any atom is -0.437 e. The van der Waals surface area contributed by atoms with Gasteiger partial charge in [-0.25, -0.2) is 0 Å². The molecule has 0 unspecified atom stereocenters. The highest BCUT2D eigenvalue weighted by Crippen LogP contribution is 2.26. The van der Waals surface area contributed by atoms with E-state index >= 15 is 0 Å². The van der Waals surface area contributed by atoms with Gasteiger partial charge in [-0.3, -0.25) is 0 Å². The molecule has 0 spiro atoms. The molecule has 0 atom stereocenters. The molecule has 2 rings (SSSR count). The number of halogens is 2. The molecule has 0 N–H and O–H groups in total. The molecule has 82 valence electrons. The van der Waals surface area contributed by atoms with Crippen molar-refractivity contribution in [2.45, 2.75) is 6.92 Å². The summed E-state index contributed by atoms with van der Waals surface area (Å²) in [5.41, 5.74) is 0.973. The van der Waals surface area contributed by atoms with Crippen LogP contribution in [0, 0.1) is 6.92 Å². The second-order valence-electron chi connectivity index (χ2n) is 3.21. The van der Waals surface area contributed by atoms with Crippen LogP contribution in [0.1, 0.15) is 5.56 Å². The molecule has 0 fully saturated rings. The quantitative estimate of drug-likeness (QED) is 0.816. The van der Waals surface area contributed by atoms with Crippen LogP contribution in [0.2, 0.25) is 10.2 Å². The van der Waals surface area contributed by atoms with Gasteiger partial charge in [0.1, 0.15) is 5.75 Å². The van der Waals surface area contributed by atoms with E-state index < -0.39 is 0 Å². The number of nitrogens with zero attached hydrogens (tertiary/aromatic N) is 2. The molecule has 0 radical (unpaired) electrons. The minimum absolute atomic E-state index is 0.329. The van der Waals surface area contributed by atoms with E-state index in [1.54, 1.807) is 24.3 Å². The average molecular weight is 255 g/mol. The van der Waals surface area contributed by atoms with E-state index in [1.807, 2.05) is 13.0 Å². The zero-order valence-corrected chi connectivity index (χ0v) is 9.96. The predicted molar refractivity (Wildman–Crippen MR) is 63.3 cm³/mol. The van der Waals surface area contributed by atoms with Crippen molar-refractivity contribution < 1.29 is 4.74 Å². The van der Waals surface area contributed by atoms with Crippen molar-refractivity contribution in [2.75, 3.05) is 0 Å².